The molecule has 8 heteroatoms. The molecule has 4 aromatic heterocycles. The number of carbonyl (C=O) groups excluding carboxylic acids is 1. The summed E-state index contributed by atoms with van der Waals surface area (Å²) >= 11 is 0. The summed E-state index contributed by atoms with van der Waals surface area (Å²) < 4.78 is 12.6. The normalized spacial score (nSPS) is 11.6. The lowest BCUT2D eigenvalue weighted by molar-refractivity contribution is 0.102. The third-order valence-electron chi connectivity index (χ3n) is 4.89. The van der Waals surface area contributed by atoms with E-state index in [1.165, 1.54) is 0 Å². The lowest BCUT2D eigenvalue weighted by Gasteiger charge is -2.10. The van der Waals surface area contributed by atoms with Gasteiger partial charge in [0.05, 0.1) is 22.8 Å². The Morgan fingerprint density at radius 1 is 1.14 bits per heavy atom. The highest BCUT2D eigenvalue weighted by molar-refractivity contribution is 6.13. The molecule has 150 valence electrons. The molecule has 0 aliphatic carbocycles. The average Bonchev–Trinajstić information content (AvgIpc) is 3.33. The number of pyridine rings is 1. The number of nitrogens with zero attached hydrogens (tertiary/aromatic N) is 4. The zero-order valence-corrected chi connectivity index (χ0v) is 17.3. The van der Waals surface area contributed by atoms with Gasteiger partial charge in [0.1, 0.15) is 22.9 Å². The Hall–Kier alpha value is -3.42. The molecule has 0 fully saturated rings. The third-order valence-corrected chi connectivity index (χ3v) is 4.89. The number of furan rings is 1. The van der Waals surface area contributed by atoms with Crippen LogP contribution in [0.4, 0.5) is 5.69 Å². The monoisotopic (exact) mass is 393 g/mol. The van der Waals surface area contributed by atoms with Gasteiger partial charge in [-0.2, -0.15) is 5.10 Å². The molecule has 0 radical (unpaired) electrons. The van der Waals surface area contributed by atoms with E-state index in [1.807, 2.05) is 38.4 Å². The number of carbonyl (C=O) groups is 1. The summed E-state index contributed by atoms with van der Waals surface area (Å²) in [6.45, 7) is 11.4. The van der Waals surface area contributed by atoms with Crippen LogP contribution in [-0.2, 0) is 0 Å². The van der Waals surface area contributed by atoms with Crippen LogP contribution in [0.1, 0.15) is 53.2 Å². The fraction of sp³-hybridized carbons (Fsp3) is 0.333. The number of amides is 1. The molecular formula is C21H23N5O3. The van der Waals surface area contributed by atoms with E-state index in [-0.39, 0.29) is 11.9 Å². The first-order chi connectivity index (χ1) is 13.8. The summed E-state index contributed by atoms with van der Waals surface area (Å²) in [5, 5.41) is 12.0. The van der Waals surface area contributed by atoms with E-state index in [0.717, 1.165) is 17.1 Å². The van der Waals surface area contributed by atoms with Crippen LogP contribution in [0.25, 0.3) is 22.3 Å². The van der Waals surface area contributed by atoms with Gasteiger partial charge in [-0.25, -0.2) is 9.67 Å². The Balaban J connectivity index is 1.90. The number of hydrogen-bond donors (Lipinski definition) is 1. The van der Waals surface area contributed by atoms with E-state index in [2.05, 4.69) is 15.6 Å². The van der Waals surface area contributed by atoms with Crippen molar-refractivity contribution in [3.63, 3.8) is 0 Å². The molecule has 0 atom stereocenters. The summed E-state index contributed by atoms with van der Waals surface area (Å²) in [6.07, 6.45) is 1.68. The smallest absolute Gasteiger partial charge is 0.256 e. The molecular weight excluding hydrogens is 370 g/mol. The fourth-order valence-electron chi connectivity index (χ4n) is 3.45. The van der Waals surface area contributed by atoms with Crippen molar-refractivity contribution in [2.24, 2.45) is 0 Å². The lowest BCUT2D eigenvalue weighted by Crippen LogP contribution is -2.14. The lowest BCUT2D eigenvalue weighted by atomic mass is 10.1. The second kappa shape index (κ2) is 6.88. The topological polar surface area (TPSA) is 99.0 Å². The standard InChI is InChI=1S/C21H23N5O3/c1-10(2)26-20-17(9-22-26)16(21(27)24-19-12(4)25-29-14(19)6)8-18(23-20)15-7-11(3)28-13(15)5/h7-10H,1-6H3,(H,24,27). The van der Waals surface area contributed by atoms with Crippen LogP contribution >= 0.6 is 0 Å². The molecule has 1 amide bonds. The van der Waals surface area contributed by atoms with Crippen LogP contribution in [0.15, 0.2) is 27.3 Å². The average molecular weight is 393 g/mol. The molecule has 0 aliphatic rings. The maximum Gasteiger partial charge on any atom is 0.256 e. The second-order valence-corrected chi connectivity index (χ2v) is 7.46. The van der Waals surface area contributed by atoms with Crippen LogP contribution in [0.2, 0.25) is 0 Å². The Morgan fingerprint density at radius 3 is 2.48 bits per heavy atom. The van der Waals surface area contributed by atoms with Crippen LogP contribution < -0.4 is 5.32 Å². The van der Waals surface area contributed by atoms with Gasteiger partial charge < -0.3 is 14.3 Å². The first-order valence-electron chi connectivity index (χ1n) is 9.46. The zero-order chi connectivity index (χ0) is 20.9. The second-order valence-electron chi connectivity index (χ2n) is 7.46. The van der Waals surface area contributed by atoms with Crippen molar-refractivity contribution in [1.82, 2.24) is 19.9 Å². The Labute approximate surface area is 167 Å². The minimum atomic E-state index is -0.269. The van der Waals surface area contributed by atoms with Crippen molar-refractivity contribution in [3.8, 4) is 11.3 Å². The van der Waals surface area contributed by atoms with Crippen LogP contribution in [0, 0.1) is 27.7 Å². The minimum absolute atomic E-state index is 0.0981. The Kier molecular flexibility index (Phi) is 4.49. The summed E-state index contributed by atoms with van der Waals surface area (Å²) in [4.78, 5) is 18.0. The van der Waals surface area contributed by atoms with Crippen LogP contribution in [0.3, 0.4) is 0 Å². The molecule has 0 bridgehead atoms. The van der Waals surface area contributed by atoms with Gasteiger partial charge in [0.15, 0.2) is 11.4 Å². The summed E-state index contributed by atoms with van der Waals surface area (Å²) in [7, 11) is 0. The third kappa shape index (κ3) is 3.20. The molecule has 0 aromatic carbocycles. The van der Waals surface area contributed by atoms with Crippen molar-refractivity contribution in [3.05, 3.63) is 46.9 Å². The van der Waals surface area contributed by atoms with E-state index >= 15 is 0 Å². The van der Waals surface area contributed by atoms with E-state index in [1.54, 1.807) is 26.1 Å². The number of aryl methyl sites for hydroxylation is 4. The highest BCUT2D eigenvalue weighted by atomic mass is 16.5. The van der Waals surface area contributed by atoms with E-state index in [4.69, 9.17) is 13.9 Å². The molecule has 0 spiro atoms. The summed E-state index contributed by atoms with van der Waals surface area (Å²) in [5.74, 6) is 1.83. The molecule has 0 aliphatic heterocycles. The highest BCUT2D eigenvalue weighted by Crippen LogP contribution is 2.31. The van der Waals surface area contributed by atoms with Gasteiger partial charge in [-0.3, -0.25) is 4.79 Å². The highest BCUT2D eigenvalue weighted by Gasteiger charge is 2.22. The molecule has 4 heterocycles. The van der Waals surface area contributed by atoms with Gasteiger partial charge in [-0.15, -0.1) is 0 Å². The Morgan fingerprint density at radius 2 is 1.90 bits per heavy atom. The Bertz CT molecular complexity index is 1210. The van der Waals surface area contributed by atoms with Crippen LogP contribution in [0.5, 0.6) is 0 Å². The van der Waals surface area contributed by atoms with Crippen molar-refractivity contribution in [2.75, 3.05) is 5.32 Å². The SMILES string of the molecule is Cc1cc(-c2cc(C(=O)Nc3c(C)noc3C)c3cnn(C(C)C)c3n2)c(C)o1. The number of hydrogen-bond acceptors (Lipinski definition) is 6. The van der Waals surface area contributed by atoms with Crippen molar-refractivity contribution in [2.45, 2.75) is 47.6 Å². The van der Waals surface area contributed by atoms with E-state index in [0.29, 0.717) is 39.4 Å². The number of anilines is 1. The molecule has 0 saturated heterocycles. The predicted octanol–water partition coefficient (Wildman–Crippen LogP) is 4.75. The van der Waals surface area contributed by atoms with E-state index in [9.17, 15) is 4.79 Å². The maximum absolute atomic E-state index is 13.2. The minimum Gasteiger partial charge on any atom is -0.466 e. The summed E-state index contributed by atoms with van der Waals surface area (Å²) in [5.41, 5.74) is 3.86. The number of fused-ring (bicyclic) bond motifs is 1. The quantitative estimate of drug-likeness (QED) is 0.537. The predicted molar refractivity (Wildman–Crippen MR) is 109 cm³/mol. The molecule has 0 unspecified atom stereocenters. The molecule has 4 rings (SSSR count). The van der Waals surface area contributed by atoms with Gasteiger partial charge in [0.25, 0.3) is 5.91 Å². The molecule has 4 aromatic rings. The van der Waals surface area contributed by atoms with Gasteiger partial charge in [-0.05, 0) is 53.7 Å². The van der Waals surface area contributed by atoms with Gasteiger partial charge in [0.2, 0.25) is 0 Å². The molecule has 29 heavy (non-hydrogen) atoms. The van der Waals surface area contributed by atoms with E-state index < -0.39 is 0 Å². The van der Waals surface area contributed by atoms with Crippen molar-refractivity contribution >= 4 is 22.6 Å². The number of aromatic nitrogens is 4. The van der Waals surface area contributed by atoms with Gasteiger partial charge in [-0.1, -0.05) is 5.16 Å². The first kappa shape index (κ1) is 18.9. The van der Waals surface area contributed by atoms with Gasteiger partial charge >= 0.3 is 0 Å². The number of nitrogens with one attached hydrogen (secondary N) is 1. The fourth-order valence-corrected chi connectivity index (χ4v) is 3.45. The summed E-state index contributed by atoms with van der Waals surface area (Å²) in [6, 6.07) is 3.80. The van der Waals surface area contributed by atoms with Crippen LogP contribution in [-0.4, -0.2) is 25.8 Å². The zero-order valence-electron chi connectivity index (χ0n) is 17.3. The van der Waals surface area contributed by atoms with Crippen molar-refractivity contribution in [1.29, 1.82) is 0 Å². The molecule has 1 N–H and O–H groups in total. The maximum atomic E-state index is 13.2. The first-order valence-corrected chi connectivity index (χ1v) is 9.46. The van der Waals surface area contributed by atoms with Crippen molar-refractivity contribution < 1.29 is 13.7 Å². The molecule has 8 nitrogen and oxygen atoms in total. The number of rotatable bonds is 4. The molecule has 0 saturated carbocycles. The van der Waals surface area contributed by atoms with Gasteiger partial charge in [0, 0.05) is 11.6 Å². The largest absolute Gasteiger partial charge is 0.466 e.